The summed E-state index contributed by atoms with van der Waals surface area (Å²) in [5.74, 6) is -1.13. The SMILES string of the molecule is Cn1c(=O)n(COCc2ccccc2)c(=O)c2cc(C(=O)O)sc21. The number of carbonyl (C=O) groups is 1. The van der Waals surface area contributed by atoms with E-state index < -0.39 is 17.2 Å². The van der Waals surface area contributed by atoms with Crippen LogP contribution in [0.25, 0.3) is 10.2 Å². The van der Waals surface area contributed by atoms with E-state index in [0.29, 0.717) is 4.83 Å². The number of thiophene rings is 1. The molecule has 0 unspecified atom stereocenters. The van der Waals surface area contributed by atoms with Gasteiger partial charge in [-0.25, -0.2) is 14.2 Å². The molecule has 1 aromatic carbocycles. The third-order valence-electron chi connectivity index (χ3n) is 3.55. The second kappa shape index (κ2) is 6.42. The van der Waals surface area contributed by atoms with E-state index in [1.165, 1.54) is 17.7 Å². The van der Waals surface area contributed by atoms with E-state index in [-0.39, 0.29) is 23.6 Å². The topological polar surface area (TPSA) is 90.5 Å². The van der Waals surface area contributed by atoms with Crippen molar-refractivity contribution in [3.05, 3.63) is 67.7 Å². The van der Waals surface area contributed by atoms with Crippen molar-refractivity contribution in [3.8, 4) is 0 Å². The highest BCUT2D eigenvalue weighted by Crippen LogP contribution is 2.21. The fraction of sp³-hybridized carbons (Fsp3) is 0.188. The van der Waals surface area contributed by atoms with Crippen LogP contribution in [0, 0.1) is 0 Å². The largest absolute Gasteiger partial charge is 0.477 e. The zero-order chi connectivity index (χ0) is 17.3. The Morgan fingerprint density at radius 3 is 2.62 bits per heavy atom. The molecule has 0 bridgehead atoms. The van der Waals surface area contributed by atoms with E-state index in [2.05, 4.69) is 0 Å². The monoisotopic (exact) mass is 346 g/mol. The molecule has 0 atom stereocenters. The summed E-state index contributed by atoms with van der Waals surface area (Å²) in [6.45, 7) is 0.0626. The van der Waals surface area contributed by atoms with Gasteiger partial charge in [0.1, 0.15) is 16.4 Å². The smallest absolute Gasteiger partial charge is 0.345 e. The number of benzene rings is 1. The average molecular weight is 346 g/mol. The number of ether oxygens (including phenoxy) is 1. The van der Waals surface area contributed by atoms with Crippen molar-refractivity contribution in [1.82, 2.24) is 9.13 Å². The van der Waals surface area contributed by atoms with E-state index in [4.69, 9.17) is 9.84 Å². The van der Waals surface area contributed by atoms with Crippen molar-refractivity contribution in [2.45, 2.75) is 13.3 Å². The summed E-state index contributed by atoms with van der Waals surface area (Å²) < 4.78 is 7.69. The maximum Gasteiger partial charge on any atom is 0.345 e. The number of aryl methyl sites for hydroxylation is 1. The highest BCUT2D eigenvalue weighted by molar-refractivity contribution is 7.20. The lowest BCUT2D eigenvalue weighted by molar-refractivity contribution is 0.0586. The predicted molar refractivity (Wildman–Crippen MR) is 89.5 cm³/mol. The maximum atomic E-state index is 12.5. The molecule has 0 saturated carbocycles. The van der Waals surface area contributed by atoms with Crippen LogP contribution < -0.4 is 11.2 Å². The molecule has 0 aliphatic heterocycles. The molecule has 3 rings (SSSR count). The standard InChI is InChI=1S/C16H14N2O5S/c1-17-14-11(7-12(24-14)15(20)21)13(19)18(16(17)22)9-23-8-10-5-3-2-4-6-10/h2-7H,8-9H2,1H3,(H,20,21). The molecule has 1 N–H and O–H groups in total. The van der Waals surface area contributed by atoms with E-state index >= 15 is 0 Å². The molecule has 7 nitrogen and oxygen atoms in total. The first-order valence-electron chi connectivity index (χ1n) is 7.07. The van der Waals surface area contributed by atoms with Crippen LogP contribution >= 0.6 is 11.3 Å². The minimum atomic E-state index is -1.13. The Morgan fingerprint density at radius 2 is 1.96 bits per heavy atom. The molecule has 2 heterocycles. The molecule has 8 heteroatoms. The van der Waals surface area contributed by atoms with Gasteiger partial charge in [0.2, 0.25) is 0 Å². The van der Waals surface area contributed by atoms with Crippen LogP contribution in [0.15, 0.2) is 46.0 Å². The van der Waals surface area contributed by atoms with E-state index in [1.807, 2.05) is 30.3 Å². The molecule has 2 aromatic heterocycles. The second-order valence-corrected chi connectivity index (χ2v) is 6.20. The lowest BCUT2D eigenvalue weighted by Crippen LogP contribution is -2.39. The predicted octanol–water partition coefficient (Wildman–Crippen LogP) is 1.63. The summed E-state index contributed by atoms with van der Waals surface area (Å²) in [6.07, 6.45) is 0. The molecule has 3 aromatic rings. The minimum absolute atomic E-state index is 0.0139. The number of carboxylic acids is 1. The summed E-state index contributed by atoms with van der Waals surface area (Å²) in [7, 11) is 1.50. The molecule has 0 spiro atoms. The Hall–Kier alpha value is -2.71. The van der Waals surface area contributed by atoms with Gasteiger partial charge in [-0.1, -0.05) is 30.3 Å². The number of carboxylic acid groups (broad SMARTS) is 1. The number of aromatic nitrogens is 2. The van der Waals surface area contributed by atoms with Gasteiger partial charge in [-0.2, -0.15) is 0 Å². The molecule has 0 fully saturated rings. The lowest BCUT2D eigenvalue weighted by Gasteiger charge is -2.09. The van der Waals surface area contributed by atoms with Crippen molar-refractivity contribution >= 4 is 27.5 Å². The summed E-state index contributed by atoms with van der Waals surface area (Å²) in [5, 5.41) is 9.26. The third-order valence-corrected chi connectivity index (χ3v) is 4.75. The van der Waals surface area contributed by atoms with E-state index in [1.54, 1.807) is 0 Å². The molecule has 124 valence electrons. The summed E-state index contributed by atoms with van der Waals surface area (Å²) in [4.78, 5) is 36.2. The normalized spacial score (nSPS) is 11.0. The van der Waals surface area contributed by atoms with Gasteiger partial charge in [-0.3, -0.25) is 9.36 Å². The molecule has 0 aliphatic rings. The number of aromatic carboxylic acids is 1. The zero-order valence-corrected chi connectivity index (χ0v) is 13.6. The number of fused-ring (bicyclic) bond motifs is 1. The van der Waals surface area contributed by atoms with Gasteiger partial charge in [-0.05, 0) is 11.6 Å². The Morgan fingerprint density at radius 1 is 1.25 bits per heavy atom. The van der Waals surface area contributed by atoms with Crippen LogP contribution in [0.3, 0.4) is 0 Å². The van der Waals surface area contributed by atoms with Crippen LogP contribution in [0.2, 0.25) is 0 Å². The highest BCUT2D eigenvalue weighted by Gasteiger charge is 2.17. The van der Waals surface area contributed by atoms with Gasteiger partial charge in [0.25, 0.3) is 5.56 Å². The molecule has 0 saturated heterocycles. The quantitative estimate of drug-likeness (QED) is 0.758. The first-order chi connectivity index (χ1) is 11.5. The van der Waals surface area contributed by atoms with Gasteiger partial charge >= 0.3 is 11.7 Å². The summed E-state index contributed by atoms with van der Waals surface area (Å²) in [6, 6.07) is 10.7. The van der Waals surface area contributed by atoms with Crippen molar-refractivity contribution in [2.24, 2.45) is 7.05 Å². The Bertz CT molecular complexity index is 1020. The highest BCUT2D eigenvalue weighted by atomic mass is 32.1. The number of rotatable bonds is 5. The van der Waals surface area contributed by atoms with Gasteiger partial charge in [0.05, 0.1) is 12.0 Å². The fourth-order valence-corrected chi connectivity index (χ4v) is 3.28. The van der Waals surface area contributed by atoms with Crippen molar-refractivity contribution in [3.63, 3.8) is 0 Å². The average Bonchev–Trinajstić information content (AvgIpc) is 3.03. The van der Waals surface area contributed by atoms with E-state index in [9.17, 15) is 14.4 Å². The van der Waals surface area contributed by atoms with Crippen molar-refractivity contribution < 1.29 is 14.6 Å². The number of hydrogen-bond acceptors (Lipinski definition) is 5. The molecule has 24 heavy (non-hydrogen) atoms. The van der Waals surface area contributed by atoms with Crippen LogP contribution in [0.1, 0.15) is 15.2 Å². The Kier molecular flexibility index (Phi) is 4.32. The first kappa shape index (κ1) is 16.2. The van der Waals surface area contributed by atoms with Gasteiger partial charge in [0, 0.05) is 7.05 Å². The molecule has 0 amide bonds. The van der Waals surface area contributed by atoms with Gasteiger partial charge < -0.3 is 9.84 Å². The minimum Gasteiger partial charge on any atom is -0.477 e. The summed E-state index contributed by atoms with van der Waals surface area (Å²) >= 11 is 0.899. The van der Waals surface area contributed by atoms with Crippen LogP contribution in [-0.4, -0.2) is 20.2 Å². The van der Waals surface area contributed by atoms with Crippen LogP contribution in [-0.2, 0) is 25.1 Å². The van der Waals surface area contributed by atoms with Crippen LogP contribution in [0.5, 0.6) is 0 Å². The summed E-state index contributed by atoms with van der Waals surface area (Å²) in [5.41, 5.74) is -0.170. The maximum absolute atomic E-state index is 12.5. The fourth-order valence-electron chi connectivity index (χ4n) is 2.33. The van der Waals surface area contributed by atoms with Crippen molar-refractivity contribution in [2.75, 3.05) is 0 Å². The molecule has 0 aliphatic carbocycles. The first-order valence-corrected chi connectivity index (χ1v) is 7.89. The molecular formula is C16H14N2O5S. The lowest BCUT2D eigenvalue weighted by atomic mass is 10.2. The van der Waals surface area contributed by atoms with Crippen LogP contribution in [0.4, 0.5) is 0 Å². The van der Waals surface area contributed by atoms with Gasteiger partial charge in [-0.15, -0.1) is 11.3 Å². The zero-order valence-electron chi connectivity index (χ0n) is 12.8. The number of hydrogen-bond donors (Lipinski definition) is 1. The third kappa shape index (κ3) is 2.89. The molecule has 0 radical (unpaired) electrons. The Labute approximate surface area is 140 Å². The van der Waals surface area contributed by atoms with Gasteiger partial charge in [0.15, 0.2) is 0 Å². The Balaban J connectivity index is 1.94. The molecular weight excluding hydrogens is 332 g/mol. The van der Waals surface area contributed by atoms with E-state index in [0.717, 1.165) is 21.5 Å². The van der Waals surface area contributed by atoms with Crippen molar-refractivity contribution in [1.29, 1.82) is 0 Å². The second-order valence-electron chi connectivity index (χ2n) is 5.17. The number of nitrogens with zero attached hydrogens (tertiary/aromatic N) is 2.